The lowest BCUT2D eigenvalue weighted by atomic mass is 10.1. The second-order valence-corrected chi connectivity index (χ2v) is 3.19. The summed E-state index contributed by atoms with van der Waals surface area (Å²) in [6.07, 6.45) is -0.803. The normalized spacial score (nSPS) is 20.6. The van der Waals surface area contributed by atoms with Crippen molar-refractivity contribution in [2.45, 2.75) is 13.1 Å². The molecule has 0 saturated heterocycles. The largest absolute Gasteiger partial charge is 0.322 e. The average molecular weight is 189 g/mol. The molecule has 1 aromatic rings. The zero-order valence-electron chi connectivity index (χ0n) is 7.82. The Morgan fingerprint density at radius 2 is 2.14 bits per heavy atom. The van der Waals surface area contributed by atoms with Gasteiger partial charge in [-0.25, -0.2) is 0 Å². The summed E-state index contributed by atoms with van der Waals surface area (Å²) in [5.74, 6) is -0.269. The molecule has 1 atom stereocenters. The highest BCUT2D eigenvalue weighted by molar-refractivity contribution is 6.10. The molecular weight excluding hydrogens is 178 g/mol. The number of nitrogens with two attached hydrogens (primary N) is 1. The second-order valence-electron chi connectivity index (χ2n) is 3.19. The van der Waals surface area contributed by atoms with Crippen LogP contribution in [0.25, 0.3) is 0 Å². The van der Waals surface area contributed by atoms with Crippen LogP contribution < -0.4 is 11.1 Å². The van der Waals surface area contributed by atoms with Crippen LogP contribution in [-0.2, 0) is 4.79 Å². The number of nitrogens with zero attached hydrogens (tertiary/aromatic N) is 1. The Kier molecular flexibility index (Phi) is 2.05. The number of hydrogen-bond donors (Lipinski definition) is 2. The molecule has 3 N–H and O–H groups in total. The minimum atomic E-state index is -0.803. The maximum atomic E-state index is 11.4. The molecule has 14 heavy (non-hydrogen) atoms. The number of benzene rings is 1. The summed E-state index contributed by atoms with van der Waals surface area (Å²) in [5, 5.41) is 2.72. The van der Waals surface area contributed by atoms with Crippen molar-refractivity contribution in [3.8, 4) is 0 Å². The van der Waals surface area contributed by atoms with Crippen LogP contribution in [0.15, 0.2) is 29.3 Å². The van der Waals surface area contributed by atoms with Gasteiger partial charge in [-0.15, -0.1) is 0 Å². The monoisotopic (exact) mass is 189 g/mol. The molecule has 0 saturated carbocycles. The summed E-state index contributed by atoms with van der Waals surface area (Å²) in [6.45, 7) is 1.85. The molecule has 1 heterocycles. The highest BCUT2D eigenvalue weighted by Crippen LogP contribution is 2.18. The Morgan fingerprint density at radius 3 is 2.93 bits per heavy atom. The molecule has 0 fully saturated rings. The molecule has 0 aliphatic carbocycles. The first kappa shape index (κ1) is 8.90. The van der Waals surface area contributed by atoms with Crippen LogP contribution in [0, 0.1) is 0 Å². The van der Waals surface area contributed by atoms with Gasteiger partial charge in [0.1, 0.15) is 0 Å². The number of carbonyl (C=O) groups excluding carboxylic acids is 1. The minimum Gasteiger partial charge on any atom is -0.322 e. The maximum Gasteiger partial charge on any atom is 0.263 e. The Balaban J connectivity index is 2.55. The van der Waals surface area contributed by atoms with Gasteiger partial charge < -0.3 is 11.1 Å². The summed E-state index contributed by atoms with van der Waals surface area (Å²) in [6, 6.07) is 7.51. The molecule has 0 unspecified atom stereocenters. The van der Waals surface area contributed by atoms with Crippen molar-refractivity contribution in [1.29, 1.82) is 0 Å². The zero-order valence-corrected chi connectivity index (χ0v) is 7.82. The summed E-state index contributed by atoms with van der Waals surface area (Å²) in [5.41, 5.74) is 8.03. The van der Waals surface area contributed by atoms with Crippen LogP contribution in [0.3, 0.4) is 0 Å². The third-order valence-corrected chi connectivity index (χ3v) is 2.18. The van der Waals surface area contributed by atoms with Crippen molar-refractivity contribution in [2.24, 2.45) is 10.7 Å². The second kappa shape index (κ2) is 3.23. The van der Waals surface area contributed by atoms with Crippen molar-refractivity contribution in [3.05, 3.63) is 29.8 Å². The van der Waals surface area contributed by atoms with Crippen molar-refractivity contribution in [2.75, 3.05) is 5.32 Å². The summed E-state index contributed by atoms with van der Waals surface area (Å²) in [7, 11) is 0. The molecule has 4 heteroatoms. The van der Waals surface area contributed by atoms with E-state index in [1.165, 1.54) is 0 Å². The first-order chi connectivity index (χ1) is 6.68. The van der Waals surface area contributed by atoms with Crippen LogP contribution in [0.2, 0.25) is 0 Å². The summed E-state index contributed by atoms with van der Waals surface area (Å²) < 4.78 is 0. The number of nitrogens with one attached hydrogen (secondary N) is 1. The maximum absolute atomic E-state index is 11.4. The Hall–Kier alpha value is -1.68. The molecule has 1 amide bonds. The fourth-order valence-corrected chi connectivity index (χ4v) is 1.45. The molecule has 72 valence electrons. The van der Waals surface area contributed by atoms with Gasteiger partial charge in [0, 0.05) is 17.0 Å². The lowest BCUT2D eigenvalue weighted by Gasteiger charge is -2.05. The van der Waals surface area contributed by atoms with Crippen molar-refractivity contribution < 1.29 is 4.79 Å². The van der Waals surface area contributed by atoms with Gasteiger partial charge in [-0.3, -0.25) is 9.79 Å². The predicted molar refractivity (Wildman–Crippen MR) is 55.3 cm³/mol. The minimum absolute atomic E-state index is 0.269. The van der Waals surface area contributed by atoms with E-state index in [1.807, 2.05) is 31.2 Å². The van der Waals surface area contributed by atoms with Gasteiger partial charge in [-0.1, -0.05) is 18.2 Å². The highest BCUT2D eigenvalue weighted by Gasteiger charge is 2.19. The zero-order chi connectivity index (χ0) is 10.1. The third kappa shape index (κ3) is 1.40. The van der Waals surface area contributed by atoms with Crippen LogP contribution in [-0.4, -0.2) is 17.8 Å². The van der Waals surface area contributed by atoms with Gasteiger partial charge in [0.2, 0.25) is 0 Å². The lowest BCUT2D eigenvalue weighted by molar-refractivity contribution is -0.117. The van der Waals surface area contributed by atoms with E-state index in [1.54, 1.807) is 0 Å². The first-order valence-corrected chi connectivity index (χ1v) is 4.39. The van der Waals surface area contributed by atoms with Gasteiger partial charge in [-0.2, -0.15) is 0 Å². The Bertz CT molecular complexity index is 412. The van der Waals surface area contributed by atoms with Gasteiger partial charge >= 0.3 is 0 Å². The number of rotatable bonds is 0. The summed E-state index contributed by atoms with van der Waals surface area (Å²) in [4.78, 5) is 15.5. The standard InChI is InChI=1S/C10H11N3O/c1-6-7-4-2-3-5-8(7)13-10(14)9(11)12-6/h2-5,9H,11H2,1H3,(H,13,14)/t9-/m1/s1. The molecular formula is C10H11N3O. The van der Waals surface area contributed by atoms with Crippen molar-refractivity contribution in [3.63, 3.8) is 0 Å². The molecule has 1 aromatic carbocycles. The van der Waals surface area contributed by atoms with Crippen LogP contribution in [0.5, 0.6) is 0 Å². The van der Waals surface area contributed by atoms with Crippen LogP contribution in [0.1, 0.15) is 12.5 Å². The number of benzodiazepines with no additional fused rings is 1. The van der Waals surface area contributed by atoms with E-state index in [2.05, 4.69) is 10.3 Å². The smallest absolute Gasteiger partial charge is 0.263 e. The molecule has 0 bridgehead atoms. The fourth-order valence-electron chi connectivity index (χ4n) is 1.45. The number of amides is 1. The molecule has 0 aromatic heterocycles. The Morgan fingerprint density at radius 1 is 1.43 bits per heavy atom. The number of aliphatic imine (C=N–C) groups is 1. The topological polar surface area (TPSA) is 67.5 Å². The SMILES string of the molecule is CC1=N[C@@H](N)C(=O)Nc2ccccc21. The lowest BCUT2D eigenvalue weighted by Crippen LogP contribution is -2.33. The highest BCUT2D eigenvalue weighted by atomic mass is 16.2. The molecule has 1 aliphatic heterocycles. The van der Waals surface area contributed by atoms with E-state index < -0.39 is 6.17 Å². The van der Waals surface area contributed by atoms with E-state index in [0.717, 1.165) is 17.0 Å². The quantitative estimate of drug-likeness (QED) is 0.631. The fraction of sp³-hybridized carbons (Fsp3) is 0.200. The number of fused-ring (bicyclic) bond motifs is 1. The van der Waals surface area contributed by atoms with Gasteiger partial charge in [0.25, 0.3) is 5.91 Å². The number of para-hydroxylation sites is 1. The molecule has 2 rings (SSSR count). The third-order valence-electron chi connectivity index (χ3n) is 2.18. The van der Waals surface area contributed by atoms with E-state index in [4.69, 9.17) is 5.73 Å². The van der Waals surface area contributed by atoms with Crippen molar-refractivity contribution >= 4 is 17.3 Å². The van der Waals surface area contributed by atoms with Gasteiger partial charge in [-0.05, 0) is 13.0 Å². The Labute approximate surface area is 81.8 Å². The average Bonchev–Trinajstić information content (AvgIpc) is 2.27. The van der Waals surface area contributed by atoms with Gasteiger partial charge in [0.15, 0.2) is 6.17 Å². The van der Waals surface area contributed by atoms with E-state index >= 15 is 0 Å². The predicted octanol–water partition coefficient (Wildman–Crippen LogP) is 0.732. The van der Waals surface area contributed by atoms with E-state index in [0.29, 0.717) is 0 Å². The van der Waals surface area contributed by atoms with Crippen molar-refractivity contribution in [1.82, 2.24) is 0 Å². The number of anilines is 1. The number of carbonyl (C=O) groups is 1. The van der Waals surface area contributed by atoms with Crippen LogP contribution >= 0.6 is 0 Å². The molecule has 0 radical (unpaired) electrons. The molecule has 4 nitrogen and oxygen atoms in total. The van der Waals surface area contributed by atoms with Crippen LogP contribution in [0.4, 0.5) is 5.69 Å². The number of hydrogen-bond acceptors (Lipinski definition) is 3. The van der Waals surface area contributed by atoms with Gasteiger partial charge in [0.05, 0.1) is 0 Å². The van der Waals surface area contributed by atoms with E-state index in [9.17, 15) is 4.79 Å². The molecule has 1 aliphatic rings. The molecule has 0 spiro atoms. The first-order valence-electron chi connectivity index (χ1n) is 4.39. The summed E-state index contributed by atoms with van der Waals surface area (Å²) >= 11 is 0. The van der Waals surface area contributed by atoms with E-state index in [-0.39, 0.29) is 5.91 Å².